The maximum Gasteiger partial charge on any atom is 0.212 e. The number of aromatic nitrogens is 2. The number of nitrogens with zero attached hydrogens (tertiary/aromatic N) is 3. The van der Waals surface area contributed by atoms with Gasteiger partial charge in [0.05, 0.1) is 5.69 Å². The molecule has 1 aromatic heterocycles. The molecule has 4 nitrogen and oxygen atoms in total. The maximum atomic E-state index is 10.7. The number of carbonyl (C=O) groups excluding carboxylic acids is 1. The van der Waals surface area contributed by atoms with Crippen molar-refractivity contribution in [1.29, 1.82) is 5.26 Å². The third kappa shape index (κ3) is 2.70. The summed E-state index contributed by atoms with van der Waals surface area (Å²) in [4.78, 5) is 14.7. The second-order valence-corrected chi connectivity index (χ2v) is 3.32. The van der Waals surface area contributed by atoms with Gasteiger partial charge in [-0.3, -0.25) is 0 Å². The Balaban J connectivity index is 2.58. The minimum atomic E-state index is 0.181. The summed E-state index contributed by atoms with van der Waals surface area (Å²) in [6.45, 7) is 4.11. The van der Waals surface area contributed by atoms with Crippen LogP contribution < -0.4 is 0 Å². The van der Waals surface area contributed by atoms with Crippen LogP contribution in [0.3, 0.4) is 0 Å². The zero-order chi connectivity index (χ0) is 10.6. The quantitative estimate of drug-likeness (QED) is 0.723. The Morgan fingerprint density at radius 1 is 1.71 bits per heavy atom. The second-order valence-electron chi connectivity index (χ2n) is 3.32. The summed E-state index contributed by atoms with van der Waals surface area (Å²) in [5.74, 6) is 0.603. The standard InChI is InChI=1S/C10H13N3O/c1-8-7-13(10(6-11)12-8)5-3-4-9(2)14/h7H,3-5H2,1-2H3. The van der Waals surface area contributed by atoms with E-state index in [9.17, 15) is 4.79 Å². The predicted molar refractivity (Wildman–Crippen MR) is 51.6 cm³/mol. The number of hydrogen-bond donors (Lipinski definition) is 0. The molecule has 0 atom stereocenters. The number of ketones is 1. The molecular weight excluding hydrogens is 178 g/mol. The van der Waals surface area contributed by atoms with E-state index in [1.54, 1.807) is 11.5 Å². The summed E-state index contributed by atoms with van der Waals surface area (Å²) in [6.07, 6.45) is 3.15. The molecule has 0 radical (unpaired) electrons. The molecule has 0 aliphatic heterocycles. The lowest BCUT2D eigenvalue weighted by atomic mass is 10.2. The van der Waals surface area contributed by atoms with Crippen LogP contribution in [0, 0.1) is 18.3 Å². The van der Waals surface area contributed by atoms with E-state index in [1.165, 1.54) is 0 Å². The van der Waals surface area contributed by atoms with Gasteiger partial charge in [-0.15, -0.1) is 0 Å². The van der Waals surface area contributed by atoms with Gasteiger partial charge in [-0.1, -0.05) is 0 Å². The largest absolute Gasteiger partial charge is 0.322 e. The van der Waals surface area contributed by atoms with Gasteiger partial charge in [-0.25, -0.2) is 4.98 Å². The Kier molecular flexibility index (Phi) is 3.41. The first-order valence-corrected chi connectivity index (χ1v) is 4.57. The van der Waals surface area contributed by atoms with Crippen molar-refractivity contribution in [3.63, 3.8) is 0 Å². The number of rotatable bonds is 4. The lowest BCUT2D eigenvalue weighted by Crippen LogP contribution is -2.01. The van der Waals surface area contributed by atoms with Crippen molar-refractivity contribution in [2.45, 2.75) is 33.2 Å². The van der Waals surface area contributed by atoms with E-state index >= 15 is 0 Å². The zero-order valence-electron chi connectivity index (χ0n) is 8.45. The smallest absolute Gasteiger partial charge is 0.212 e. The van der Waals surface area contributed by atoms with Crippen LogP contribution in [-0.4, -0.2) is 15.3 Å². The van der Waals surface area contributed by atoms with E-state index in [2.05, 4.69) is 4.98 Å². The molecule has 0 unspecified atom stereocenters. The van der Waals surface area contributed by atoms with Gasteiger partial charge in [0.15, 0.2) is 0 Å². The van der Waals surface area contributed by atoms with Gasteiger partial charge >= 0.3 is 0 Å². The number of nitriles is 1. The van der Waals surface area contributed by atoms with Crippen molar-refractivity contribution in [3.8, 4) is 6.07 Å². The van der Waals surface area contributed by atoms with Crippen LogP contribution in [0.15, 0.2) is 6.20 Å². The first-order valence-electron chi connectivity index (χ1n) is 4.57. The molecule has 14 heavy (non-hydrogen) atoms. The molecule has 0 amide bonds. The van der Waals surface area contributed by atoms with E-state index in [-0.39, 0.29) is 5.78 Å². The first-order chi connectivity index (χ1) is 6.63. The molecule has 0 saturated carbocycles. The second kappa shape index (κ2) is 4.56. The average Bonchev–Trinajstić information content (AvgIpc) is 2.45. The molecule has 0 spiro atoms. The van der Waals surface area contributed by atoms with Crippen molar-refractivity contribution >= 4 is 5.78 Å². The van der Waals surface area contributed by atoms with Crippen LogP contribution in [-0.2, 0) is 11.3 Å². The van der Waals surface area contributed by atoms with Crippen LogP contribution in [0.25, 0.3) is 0 Å². The van der Waals surface area contributed by atoms with Gasteiger partial charge in [-0.2, -0.15) is 5.26 Å². The van der Waals surface area contributed by atoms with E-state index in [0.29, 0.717) is 18.8 Å². The van der Waals surface area contributed by atoms with Crippen molar-refractivity contribution in [2.75, 3.05) is 0 Å². The Morgan fingerprint density at radius 3 is 3.00 bits per heavy atom. The zero-order valence-corrected chi connectivity index (χ0v) is 8.45. The molecule has 74 valence electrons. The van der Waals surface area contributed by atoms with Gasteiger partial charge in [0.2, 0.25) is 5.82 Å². The highest BCUT2D eigenvalue weighted by Crippen LogP contribution is 2.03. The van der Waals surface area contributed by atoms with Gasteiger partial charge in [0.1, 0.15) is 11.9 Å². The lowest BCUT2D eigenvalue weighted by Gasteiger charge is -2.00. The molecule has 0 aromatic carbocycles. The van der Waals surface area contributed by atoms with Gasteiger partial charge < -0.3 is 9.36 Å². The normalized spacial score (nSPS) is 9.79. The van der Waals surface area contributed by atoms with Gasteiger partial charge in [0, 0.05) is 19.2 Å². The highest BCUT2D eigenvalue weighted by atomic mass is 16.1. The molecule has 1 aromatic rings. The van der Waals surface area contributed by atoms with Crippen LogP contribution in [0.5, 0.6) is 0 Å². The molecule has 0 aliphatic carbocycles. The summed E-state index contributed by atoms with van der Waals surface area (Å²) < 4.78 is 1.79. The van der Waals surface area contributed by atoms with Gasteiger partial charge in [-0.05, 0) is 20.3 Å². The average molecular weight is 191 g/mol. The van der Waals surface area contributed by atoms with Crippen LogP contribution in [0.4, 0.5) is 0 Å². The van der Waals surface area contributed by atoms with E-state index in [4.69, 9.17) is 5.26 Å². The Bertz CT molecular complexity index is 373. The van der Waals surface area contributed by atoms with Gasteiger partial charge in [0.25, 0.3) is 0 Å². The molecule has 0 bridgehead atoms. The van der Waals surface area contributed by atoms with Crippen LogP contribution >= 0.6 is 0 Å². The van der Waals surface area contributed by atoms with Crippen molar-refractivity contribution < 1.29 is 4.79 Å². The molecule has 1 rings (SSSR count). The number of carbonyl (C=O) groups is 1. The topological polar surface area (TPSA) is 58.7 Å². The predicted octanol–water partition coefficient (Wildman–Crippen LogP) is 1.43. The van der Waals surface area contributed by atoms with E-state index < -0.39 is 0 Å². The molecule has 0 fully saturated rings. The summed E-state index contributed by atoms with van der Waals surface area (Å²) >= 11 is 0. The summed E-state index contributed by atoms with van der Waals surface area (Å²) in [5, 5.41) is 8.74. The van der Waals surface area contributed by atoms with Crippen molar-refractivity contribution in [1.82, 2.24) is 9.55 Å². The Hall–Kier alpha value is -1.63. The van der Waals surface area contributed by atoms with Crippen molar-refractivity contribution in [3.05, 3.63) is 17.7 Å². The third-order valence-corrected chi connectivity index (χ3v) is 1.92. The van der Waals surface area contributed by atoms with Crippen LogP contribution in [0.1, 0.15) is 31.3 Å². The third-order valence-electron chi connectivity index (χ3n) is 1.92. The number of aryl methyl sites for hydroxylation is 2. The monoisotopic (exact) mass is 191 g/mol. The van der Waals surface area contributed by atoms with Crippen LogP contribution in [0.2, 0.25) is 0 Å². The van der Waals surface area contributed by atoms with E-state index in [0.717, 1.165) is 12.1 Å². The Morgan fingerprint density at radius 2 is 2.43 bits per heavy atom. The summed E-state index contributed by atoms with van der Waals surface area (Å²) in [5.41, 5.74) is 0.837. The maximum absolute atomic E-state index is 10.7. The Labute approximate surface area is 83.2 Å². The molecular formula is C10H13N3O. The minimum absolute atomic E-state index is 0.181. The fourth-order valence-corrected chi connectivity index (χ4v) is 1.30. The highest BCUT2D eigenvalue weighted by molar-refractivity contribution is 5.75. The molecule has 0 aliphatic rings. The highest BCUT2D eigenvalue weighted by Gasteiger charge is 2.04. The lowest BCUT2D eigenvalue weighted by molar-refractivity contribution is -0.117. The van der Waals surface area contributed by atoms with Crippen molar-refractivity contribution in [2.24, 2.45) is 0 Å². The number of imidazole rings is 1. The molecule has 0 N–H and O–H groups in total. The summed E-state index contributed by atoms with van der Waals surface area (Å²) in [7, 11) is 0. The summed E-state index contributed by atoms with van der Waals surface area (Å²) in [6, 6.07) is 2.02. The molecule has 4 heteroatoms. The molecule has 0 saturated heterocycles. The number of hydrogen-bond acceptors (Lipinski definition) is 3. The van der Waals surface area contributed by atoms with E-state index in [1.807, 2.05) is 19.2 Å². The first kappa shape index (κ1) is 10.5. The fourth-order valence-electron chi connectivity index (χ4n) is 1.30. The fraction of sp³-hybridized carbons (Fsp3) is 0.500. The number of Topliss-reactive ketones (excluding diaryl/α,β-unsaturated/α-hetero) is 1. The minimum Gasteiger partial charge on any atom is -0.322 e. The molecule has 1 heterocycles. The SMILES string of the molecule is CC(=O)CCCn1cc(C)nc1C#N.